The number of amides is 1. The molecule has 0 aliphatic rings. The highest BCUT2D eigenvalue weighted by atomic mass is 32.1. The van der Waals surface area contributed by atoms with Crippen molar-refractivity contribution in [3.63, 3.8) is 0 Å². The van der Waals surface area contributed by atoms with Crippen LogP contribution in [0.1, 0.15) is 39.4 Å². The zero-order valence-corrected chi connectivity index (χ0v) is 22.3. The Morgan fingerprint density at radius 3 is 2.56 bits per heavy atom. The SMILES string of the molecule is Cc1csc(CN(CCF)C(=O)c2cc(-c3ncco3)cc(-c3nnc([C@](C)(N)Cc4ccccc4)o3)c2)n1. The van der Waals surface area contributed by atoms with Gasteiger partial charge in [-0.1, -0.05) is 30.3 Å². The number of carbonyl (C=O) groups is 1. The second-order valence-electron chi connectivity index (χ2n) is 9.43. The maximum absolute atomic E-state index is 13.6. The van der Waals surface area contributed by atoms with Crippen LogP contribution < -0.4 is 5.73 Å². The summed E-state index contributed by atoms with van der Waals surface area (Å²) in [5.74, 6) is 0.382. The summed E-state index contributed by atoms with van der Waals surface area (Å²) in [7, 11) is 0. The van der Waals surface area contributed by atoms with Gasteiger partial charge in [0.1, 0.15) is 17.9 Å². The largest absolute Gasteiger partial charge is 0.445 e. The smallest absolute Gasteiger partial charge is 0.254 e. The Labute approximate surface area is 228 Å². The van der Waals surface area contributed by atoms with Gasteiger partial charge in [-0.2, -0.15) is 0 Å². The van der Waals surface area contributed by atoms with Gasteiger partial charge in [-0.25, -0.2) is 14.4 Å². The Morgan fingerprint density at radius 1 is 1.13 bits per heavy atom. The molecular weight excluding hydrogens is 519 g/mol. The first-order chi connectivity index (χ1) is 18.8. The molecule has 11 heteroatoms. The van der Waals surface area contributed by atoms with Gasteiger partial charge < -0.3 is 19.5 Å². The Hall–Kier alpha value is -4.22. The first-order valence-electron chi connectivity index (χ1n) is 12.3. The van der Waals surface area contributed by atoms with E-state index in [1.807, 2.05) is 49.6 Å². The normalized spacial score (nSPS) is 12.8. The van der Waals surface area contributed by atoms with E-state index in [0.29, 0.717) is 29.0 Å². The molecule has 1 amide bonds. The molecule has 5 aromatic rings. The lowest BCUT2D eigenvalue weighted by Crippen LogP contribution is -2.35. The Bertz CT molecular complexity index is 1550. The maximum Gasteiger partial charge on any atom is 0.254 e. The third-order valence-electron chi connectivity index (χ3n) is 6.07. The number of carbonyl (C=O) groups excluding carboxylic acids is 1. The van der Waals surface area contributed by atoms with Gasteiger partial charge in [0.15, 0.2) is 0 Å². The van der Waals surface area contributed by atoms with Crippen LogP contribution >= 0.6 is 11.3 Å². The minimum absolute atomic E-state index is 0.0776. The highest BCUT2D eigenvalue weighted by Gasteiger charge is 2.29. The van der Waals surface area contributed by atoms with Gasteiger partial charge in [-0.15, -0.1) is 21.5 Å². The number of nitrogens with two attached hydrogens (primary N) is 1. The van der Waals surface area contributed by atoms with Crippen molar-refractivity contribution in [1.82, 2.24) is 25.1 Å². The summed E-state index contributed by atoms with van der Waals surface area (Å²) in [4.78, 5) is 23.7. The van der Waals surface area contributed by atoms with Gasteiger partial charge in [0.05, 0.1) is 18.3 Å². The minimum atomic E-state index is -0.921. The molecule has 200 valence electrons. The number of oxazole rings is 1. The highest BCUT2D eigenvalue weighted by Crippen LogP contribution is 2.30. The van der Waals surface area contributed by atoms with E-state index in [4.69, 9.17) is 14.6 Å². The zero-order chi connectivity index (χ0) is 27.4. The van der Waals surface area contributed by atoms with E-state index in [9.17, 15) is 9.18 Å². The molecule has 1 atom stereocenters. The predicted molar refractivity (Wildman–Crippen MR) is 144 cm³/mol. The van der Waals surface area contributed by atoms with Crippen LogP contribution in [0.25, 0.3) is 22.9 Å². The number of halogens is 1. The van der Waals surface area contributed by atoms with Crippen LogP contribution in [-0.2, 0) is 18.5 Å². The van der Waals surface area contributed by atoms with E-state index in [1.165, 1.54) is 28.7 Å². The first kappa shape index (κ1) is 26.4. The Balaban J connectivity index is 1.49. The van der Waals surface area contributed by atoms with Crippen LogP contribution in [0.15, 0.2) is 75.2 Å². The van der Waals surface area contributed by atoms with Gasteiger partial charge in [0.2, 0.25) is 17.7 Å². The van der Waals surface area contributed by atoms with E-state index < -0.39 is 12.2 Å². The fourth-order valence-corrected chi connectivity index (χ4v) is 4.99. The molecule has 3 heterocycles. The second kappa shape index (κ2) is 11.3. The van der Waals surface area contributed by atoms with Crippen molar-refractivity contribution in [2.75, 3.05) is 13.2 Å². The molecule has 3 aromatic heterocycles. The van der Waals surface area contributed by atoms with E-state index in [0.717, 1.165) is 16.3 Å². The lowest BCUT2D eigenvalue weighted by molar-refractivity contribution is 0.0731. The summed E-state index contributed by atoms with van der Waals surface area (Å²) < 4.78 is 25.0. The standard InChI is InChI=1S/C28H27FN6O3S/c1-18-17-39-23(32-18)16-35(10-8-29)26(36)22-13-20(24-31-9-11-37-24)12-21(14-22)25-33-34-27(38-25)28(2,30)15-19-6-4-3-5-7-19/h3-7,9,11-14,17H,8,10,15-16,30H2,1-2H3/t28-/m1/s1. The lowest BCUT2D eigenvalue weighted by atomic mass is 9.94. The average molecular weight is 547 g/mol. The summed E-state index contributed by atoms with van der Waals surface area (Å²) in [6, 6.07) is 14.8. The summed E-state index contributed by atoms with van der Waals surface area (Å²) in [5, 5.41) is 11.1. The number of rotatable bonds is 10. The molecule has 39 heavy (non-hydrogen) atoms. The van der Waals surface area contributed by atoms with E-state index in [2.05, 4.69) is 20.2 Å². The van der Waals surface area contributed by atoms with Crippen LogP contribution in [0.4, 0.5) is 4.39 Å². The summed E-state index contributed by atoms with van der Waals surface area (Å²) >= 11 is 1.43. The molecule has 0 radical (unpaired) electrons. The molecule has 0 fully saturated rings. The minimum Gasteiger partial charge on any atom is -0.445 e. The van der Waals surface area contributed by atoms with E-state index >= 15 is 0 Å². The van der Waals surface area contributed by atoms with Gasteiger partial charge >= 0.3 is 0 Å². The third-order valence-corrected chi connectivity index (χ3v) is 7.02. The number of aromatic nitrogens is 4. The predicted octanol–water partition coefficient (Wildman–Crippen LogP) is 5.19. The van der Waals surface area contributed by atoms with Crippen molar-refractivity contribution < 1.29 is 18.0 Å². The van der Waals surface area contributed by atoms with Crippen LogP contribution in [0.3, 0.4) is 0 Å². The van der Waals surface area contributed by atoms with Crippen molar-refractivity contribution in [3.05, 3.63) is 94.1 Å². The molecule has 0 aliphatic heterocycles. The third kappa shape index (κ3) is 6.10. The molecule has 0 spiro atoms. The molecule has 9 nitrogen and oxygen atoms in total. The van der Waals surface area contributed by atoms with Crippen molar-refractivity contribution in [1.29, 1.82) is 0 Å². The van der Waals surface area contributed by atoms with Crippen LogP contribution in [0, 0.1) is 6.92 Å². The van der Waals surface area contributed by atoms with Crippen molar-refractivity contribution in [2.45, 2.75) is 32.4 Å². The molecule has 0 bridgehead atoms. The van der Waals surface area contributed by atoms with Gasteiger partial charge in [-0.05, 0) is 44.0 Å². The summed E-state index contributed by atoms with van der Waals surface area (Å²) in [6.45, 7) is 3.12. The second-order valence-corrected chi connectivity index (χ2v) is 10.4. The number of aryl methyl sites for hydroxylation is 1. The van der Waals surface area contributed by atoms with Gasteiger partial charge in [0.25, 0.3) is 5.91 Å². The lowest BCUT2D eigenvalue weighted by Gasteiger charge is -2.21. The van der Waals surface area contributed by atoms with Crippen molar-refractivity contribution in [2.24, 2.45) is 5.73 Å². The highest BCUT2D eigenvalue weighted by molar-refractivity contribution is 7.09. The number of benzene rings is 2. The molecule has 0 unspecified atom stereocenters. The number of nitrogens with zero attached hydrogens (tertiary/aromatic N) is 5. The molecule has 5 rings (SSSR count). The van der Waals surface area contributed by atoms with Crippen LogP contribution in [-0.4, -0.2) is 44.2 Å². The summed E-state index contributed by atoms with van der Waals surface area (Å²) in [5.41, 5.74) is 8.84. The van der Waals surface area contributed by atoms with Crippen molar-refractivity contribution >= 4 is 17.2 Å². The van der Waals surface area contributed by atoms with Gasteiger partial charge in [-0.3, -0.25) is 4.79 Å². The monoisotopic (exact) mass is 546 g/mol. The topological polar surface area (TPSA) is 124 Å². The Morgan fingerprint density at radius 2 is 1.90 bits per heavy atom. The fraction of sp³-hybridized carbons (Fsp3) is 0.250. The van der Waals surface area contributed by atoms with E-state index in [-0.39, 0.29) is 30.8 Å². The van der Waals surface area contributed by atoms with Crippen LogP contribution in [0.2, 0.25) is 0 Å². The van der Waals surface area contributed by atoms with Gasteiger partial charge in [0, 0.05) is 34.3 Å². The quantitative estimate of drug-likeness (QED) is 0.254. The average Bonchev–Trinajstić information content (AvgIpc) is 3.71. The maximum atomic E-state index is 13.6. The first-order valence-corrected chi connectivity index (χ1v) is 13.2. The van der Waals surface area contributed by atoms with Crippen molar-refractivity contribution in [3.8, 4) is 22.9 Å². The number of hydrogen-bond donors (Lipinski definition) is 1. The zero-order valence-electron chi connectivity index (χ0n) is 21.5. The molecule has 0 saturated heterocycles. The van der Waals surface area contributed by atoms with Crippen LogP contribution in [0.5, 0.6) is 0 Å². The number of hydrogen-bond acceptors (Lipinski definition) is 9. The molecule has 0 saturated carbocycles. The molecule has 0 aliphatic carbocycles. The number of alkyl halides is 1. The molecular formula is C28H27FN6O3S. The fourth-order valence-electron chi connectivity index (χ4n) is 4.21. The number of thiazole rings is 1. The Kier molecular flexibility index (Phi) is 7.62. The molecule has 2 N–H and O–H groups in total. The van der Waals surface area contributed by atoms with E-state index in [1.54, 1.807) is 18.2 Å². The summed E-state index contributed by atoms with van der Waals surface area (Å²) in [6.07, 6.45) is 3.44. The molecule has 2 aromatic carbocycles.